The van der Waals surface area contributed by atoms with Crippen LogP contribution in [-0.2, 0) is 4.74 Å². The molecular weight excluding hydrogens is 188 g/mol. The van der Waals surface area contributed by atoms with Crippen LogP contribution in [0, 0.1) is 0 Å². The first-order chi connectivity index (χ1) is 7.11. The van der Waals surface area contributed by atoms with Crippen molar-refractivity contribution in [2.75, 3.05) is 26.7 Å². The molecule has 2 aliphatic rings. The van der Waals surface area contributed by atoms with Crippen molar-refractivity contribution in [3.05, 3.63) is 0 Å². The molecule has 3 nitrogen and oxygen atoms in total. The summed E-state index contributed by atoms with van der Waals surface area (Å²) in [5, 5.41) is 3.38. The molecule has 0 bridgehead atoms. The Morgan fingerprint density at radius 1 is 1.33 bits per heavy atom. The molecule has 0 saturated carbocycles. The molecule has 0 aromatic heterocycles. The van der Waals surface area contributed by atoms with E-state index in [0.717, 1.165) is 12.6 Å². The van der Waals surface area contributed by atoms with Gasteiger partial charge in [-0.2, -0.15) is 0 Å². The van der Waals surface area contributed by atoms with Gasteiger partial charge < -0.3 is 10.1 Å². The summed E-state index contributed by atoms with van der Waals surface area (Å²) in [5.74, 6) is 0. The molecule has 2 saturated heterocycles. The Bertz CT molecular complexity index is 218. The van der Waals surface area contributed by atoms with Crippen LogP contribution in [0.2, 0.25) is 0 Å². The molecule has 2 aliphatic heterocycles. The number of ether oxygens (including phenoxy) is 1. The maximum absolute atomic E-state index is 5.77. The summed E-state index contributed by atoms with van der Waals surface area (Å²) in [6.07, 6.45) is 3.69. The highest BCUT2D eigenvalue weighted by molar-refractivity contribution is 4.90. The summed E-state index contributed by atoms with van der Waals surface area (Å²) in [5.41, 5.74) is 0.0840. The van der Waals surface area contributed by atoms with Crippen molar-refractivity contribution < 1.29 is 4.74 Å². The lowest BCUT2D eigenvalue weighted by Crippen LogP contribution is -2.46. The van der Waals surface area contributed by atoms with Crippen molar-refractivity contribution in [2.24, 2.45) is 0 Å². The van der Waals surface area contributed by atoms with Gasteiger partial charge in [-0.25, -0.2) is 0 Å². The van der Waals surface area contributed by atoms with Crippen molar-refractivity contribution >= 4 is 0 Å². The fourth-order valence-corrected chi connectivity index (χ4v) is 2.87. The van der Waals surface area contributed by atoms with Crippen molar-refractivity contribution in [1.82, 2.24) is 10.2 Å². The third kappa shape index (κ3) is 2.71. The number of nitrogens with zero attached hydrogens (tertiary/aromatic N) is 1. The van der Waals surface area contributed by atoms with E-state index >= 15 is 0 Å². The van der Waals surface area contributed by atoms with E-state index in [4.69, 9.17) is 4.74 Å². The van der Waals surface area contributed by atoms with Crippen molar-refractivity contribution in [1.29, 1.82) is 0 Å². The summed E-state index contributed by atoms with van der Waals surface area (Å²) in [6.45, 7) is 7.83. The van der Waals surface area contributed by atoms with E-state index in [-0.39, 0.29) is 5.60 Å². The lowest BCUT2D eigenvalue weighted by atomic mass is 9.93. The van der Waals surface area contributed by atoms with Crippen LogP contribution < -0.4 is 5.32 Å². The molecule has 0 aromatic carbocycles. The molecule has 2 unspecified atom stereocenters. The molecule has 2 fully saturated rings. The third-order valence-corrected chi connectivity index (χ3v) is 3.82. The summed E-state index contributed by atoms with van der Waals surface area (Å²) in [4.78, 5) is 2.64. The second kappa shape index (κ2) is 4.40. The van der Waals surface area contributed by atoms with Crippen LogP contribution in [0.5, 0.6) is 0 Å². The Kier molecular flexibility index (Phi) is 3.33. The van der Waals surface area contributed by atoms with E-state index in [1.54, 1.807) is 0 Å². The summed E-state index contributed by atoms with van der Waals surface area (Å²) >= 11 is 0. The van der Waals surface area contributed by atoms with Gasteiger partial charge in [0.05, 0.1) is 5.60 Å². The van der Waals surface area contributed by atoms with Crippen LogP contribution in [-0.4, -0.2) is 49.3 Å². The number of nitrogens with one attached hydrogen (secondary N) is 1. The van der Waals surface area contributed by atoms with E-state index in [1.807, 2.05) is 0 Å². The van der Waals surface area contributed by atoms with Gasteiger partial charge in [-0.3, -0.25) is 4.90 Å². The maximum atomic E-state index is 5.77. The molecule has 1 N–H and O–H groups in total. The standard InChI is InChI=1S/C12H24N2O/c1-12(2)8-11(5-7-15-12)14-6-4-10(9-14)13-3/h10-11,13H,4-9H2,1-3H3. The minimum Gasteiger partial charge on any atom is -0.375 e. The Labute approximate surface area is 93.2 Å². The molecular formula is C12H24N2O. The Morgan fingerprint density at radius 2 is 2.13 bits per heavy atom. The SMILES string of the molecule is CNC1CCN(C2CCOC(C)(C)C2)C1. The van der Waals surface area contributed by atoms with Crippen molar-refractivity contribution in [2.45, 2.75) is 50.8 Å². The monoisotopic (exact) mass is 212 g/mol. The van der Waals surface area contributed by atoms with Crippen LogP contribution in [0.1, 0.15) is 33.1 Å². The third-order valence-electron chi connectivity index (χ3n) is 3.82. The first-order valence-corrected chi connectivity index (χ1v) is 6.16. The number of hydrogen-bond acceptors (Lipinski definition) is 3. The van der Waals surface area contributed by atoms with Crippen molar-refractivity contribution in [3.8, 4) is 0 Å². The average molecular weight is 212 g/mol. The molecule has 3 heteroatoms. The van der Waals surface area contributed by atoms with E-state index < -0.39 is 0 Å². The van der Waals surface area contributed by atoms with E-state index in [2.05, 4.69) is 31.1 Å². The van der Waals surface area contributed by atoms with Crippen LogP contribution in [0.4, 0.5) is 0 Å². The molecule has 0 amide bonds. The lowest BCUT2D eigenvalue weighted by molar-refractivity contribution is -0.0804. The Balaban J connectivity index is 1.88. The average Bonchev–Trinajstić information content (AvgIpc) is 2.64. The van der Waals surface area contributed by atoms with Crippen molar-refractivity contribution in [3.63, 3.8) is 0 Å². The largest absolute Gasteiger partial charge is 0.375 e. The fourth-order valence-electron chi connectivity index (χ4n) is 2.87. The predicted molar refractivity (Wildman–Crippen MR) is 62.1 cm³/mol. The van der Waals surface area contributed by atoms with Gasteiger partial charge >= 0.3 is 0 Å². The molecule has 0 radical (unpaired) electrons. The smallest absolute Gasteiger partial charge is 0.0641 e. The van der Waals surface area contributed by atoms with Gasteiger partial charge in [-0.05, 0) is 40.2 Å². The first-order valence-electron chi connectivity index (χ1n) is 6.16. The molecule has 2 heterocycles. The Morgan fingerprint density at radius 3 is 2.73 bits per heavy atom. The second-order valence-electron chi connectivity index (χ2n) is 5.52. The summed E-state index contributed by atoms with van der Waals surface area (Å²) < 4.78 is 5.77. The fraction of sp³-hybridized carbons (Fsp3) is 1.00. The number of hydrogen-bond donors (Lipinski definition) is 1. The second-order valence-corrected chi connectivity index (χ2v) is 5.52. The van der Waals surface area contributed by atoms with Gasteiger partial charge in [0, 0.05) is 31.8 Å². The number of likely N-dealkylation sites (N-methyl/N-ethyl adjacent to an activating group) is 1. The van der Waals surface area contributed by atoms with Gasteiger partial charge in [0.15, 0.2) is 0 Å². The van der Waals surface area contributed by atoms with Gasteiger partial charge in [0.25, 0.3) is 0 Å². The van der Waals surface area contributed by atoms with E-state index in [1.165, 1.54) is 32.4 Å². The van der Waals surface area contributed by atoms with E-state index in [0.29, 0.717) is 6.04 Å². The maximum Gasteiger partial charge on any atom is 0.0641 e. The highest BCUT2D eigenvalue weighted by Crippen LogP contribution is 2.29. The summed E-state index contributed by atoms with van der Waals surface area (Å²) in [6, 6.07) is 1.45. The van der Waals surface area contributed by atoms with Crippen LogP contribution in [0.15, 0.2) is 0 Å². The number of rotatable bonds is 2. The van der Waals surface area contributed by atoms with Crippen LogP contribution in [0.3, 0.4) is 0 Å². The molecule has 0 spiro atoms. The quantitative estimate of drug-likeness (QED) is 0.745. The van der Waals surface area contributed by atoms with Crippen LogP contribution in [0.25, 0.3) is 0 Å². The molecule has 88 valence electrons. The zero-order valence-electron chi connectivity index (χ0n) is 10.3. The molecule has 15 heavy (non-hydrogen) atoms. The minimum atomic E-state index is 0.0840. The molecule has 2 atom stereocenters. The molecule has 0 aromatic rings. The van der Waals surface area contributed by atoms with Crippen LogP contribution >= 0.6 is 0 Å². The predicted octanol–water partition coefficient (Wildman–Crippen LogP) is 1.24. The zero-order chi connectivity index (χ0) is 10.9. The highest BCUT2D eigenvalue weighted by Gasteiger charge is 2.34. The normalized spacial score (nSPS) is 37.0. The minimum absolute atomic E-state index is 0.0840. The lowest BCUT2D eigenvalue weighted by Gasteiger charge is -2.39. The van der Waals surface area contributed by atoms with Gasteiger partial charge in [-0.1, -0.05) is 0 Å². The Hall–Kier alpha value is -0.120. The van der Waals surface area contributed by atoms with E-state index in [9.17, 15) is 0 Å². The summed E-state index contributed by atoms with van der Waals surface area (Å²) in [7, 11) is 2.07. The van der Waals surface area contributed by atoms with Gasteiger partial charge in [-0.15, -0.1) is 0 Å². The topological polar surface area (TPSA) is 24.5 Å². The van der Waals surface area contributed by atoms with Gasteiger partial charge in [0.1, 0.15) is 0 Å². The van der Waals surface area contributed by atoms with Gasteiger partial charge in [0.2, 0.25) is 0 Å². The first kappa shape index (κ1) is 11.4. The zero-order valence-corrected chi connectivity index (χ0v) is 10.3. The molecule has 2 rings (SSSR count). The highest BCUT2D eigenvalue weighted by atomic mass is 16.5. The number of likely N-dealkylation sites (tertiary alicyclic amines) is 1. The molecule has 0 aliphatic carbocycles.